The molecule has 0 radical (unpaired) electrons. The highest BCUT2D eigenvalue weighted by atomic mass is 32.2. The maximum Gasteiger partial charge on any atom is 0.217 e. The van der Waals surface area contributed by atoms with Gasteiger partial charge >= 0.3 is 0 Å². The molecule has 29 heavy (non-hydrogen) atoms. The lowest BCUT2D eigenvalue weighted by Gasteiger charge is -2.35. The molecule has 5 nitrogen and oxygen atoms in total. The summed E-state index contributed by atoms with van der Waals surface area (Å²) in [6, 6.07) is -0.129. The van der Waals surface area contributed by atoms with Crippen LogP contribution in [0.4, 0.5) is 0 Å². The van der Waals surface area contributed by atoms with Gasteiger partial charge in [-0.3, -0.25) is 0 Å². The molecule has 0 spiro atoms. The zero-order valence-electron chi connectivity index (χ0n) is 17.9. The van der Waals surface area contributed by atoms with E-state index in [1.165, 1.54) is 0 Å². The van der Waals surface area contributed by atoms with E-state index in [1.54, 1.807) is 37.3 Å². The average Bonchev–Trinajstić information content (AvgIpc) is 3.06. The molecule has 1 aliphatic carbocycles. The number of rotatable bonds is 5. The fraction of sp³-hybridized carbons (Fsp3) is 0.391. The molecule has 0 saturated carbocycles. The quantitative estimate of drug-likeness (QED) is 0.697. The molecule has 1 N–H and O–H groups in total. The number of fused-ring (bicyclic) bond motifs is 1. The molecule has 0 aromatic carbocycles. The summed E-state index contributed by atoms with van der Waals surface area (Å²) >= 11 is 0. The van der Waals surface area contributed by atoms with Crippen LogP contribution in [0.15, 0.2) is 82.5 Å². The third kappa shape index (κ3) is 5.40. The van der Waals surface area contributed by atoms with Crippen molar-refractivity contribution in [1.82, 2.24) is 15.1 Å². The number of allylic oxidation sites excluding steroid dienone is 8. The van der Waals surface area contributed by atoms with E-state index in [1.807, 2.05) is 32.1 Å². The molecule has 1 unspecified atom stereocenters. The summed E-state index contributed by atoms with van der Waals surface area (Å²) in [4.78, 5) is 4.95. The van der Waals surface area contributed by atoms with Gasteiger partial charge in [-0.2, -0.15) is 0 Å². The van der Waals surface area contributed by atoms with Gasteiger partial charge in [-0.1, -0.05) is 56.9 Å². The molecule has 1 saturated heterocycles. The van der Waals surface area contributed by atoms with Gasteiger partial charge in [-0.25, -0.2) is 8.42 Å². The molecular weight excluding hydrogens is 382 g/mol. The lowest BCUT2D eigenvalue weighted by Crippen LogP contribution is -2.44. The molecule has 1 atom stereocenters. The Morgan fingerprint density at radius 3 is 2.52 bits per heavy atom. The van der Waals surface area contributed by atoms with E-state index in [-0.39, 0.29) is 11.1 Å². The van der Waals surface area contributed by atoms with Gasteiger partial charge in [-0.05, 0) is 32.2 Å². The third-order valence-corrected chi connectivity index (χ3v) is 6.82. The summed E-state index contributed by atoms with van der Waals surface area (Å²) in [5.74, 6) is 0. The largest absolute Gasteiger partial charge is 0.369 e. The highest BCUT2D eigenvalue weighted by Crippen LogP contribution is 2.30. The maximum absolute atomic E-state index is 12.9. The summed E-state index contributed by atoms with van der Waals surface area (Å²) in [7, 11) is -1.42. The second-order valence-electron chi connectivity index (χ2n) is 6.91. The number of sulfone groups is 1. The highest BCUT2D eigenvalue weighted by molar-refractivity contribution is 7.98. The number of hydrogen-bond donors (Lipinski definition) is 1. The van der Waals surface area contributed by atoms with Crippen LogP contribution in [0.1, 0.15) is 20.8 Å². The Labute approximate surface area is 176 Å². The molecular formula is C23H33N3O2S. The summed E-state index contributed by atoms with van der Waals surface area (Å²) in [5, 5.41) is 3.45. The normalized spacial score (nSPS) is 22.6. The SMILES string of the molecule is C=C/C=C\C=C(/C)S(=O)(=O)C1=CC2=C(N3CCN(C)CC3)C=CC=CC2N1.CC. The molecule has 0 aromatic rings. The Bertz CT molecular complexity index is 881. The van der Waals surface area contributed by atoms with Gasteiger partial charge in [0, 0.05) is 42.4 Å². The van der Waals surface area contributed by atoms with Crippen LogP contribution in [-0.2, 0) is 9.84 Å². The van der Waals surface area contributed by atoms with E-state index in [2.05, 4.69) is 34.8 Å². The second-order valence-corrected chi connectivity index (χ2v) is 9.00. The van der Waals surface area contributed by atoms with Crippen molar-refractivity contribution < 1.29 is 8.42 Å². The molecule has 3 aliphatic rings. The lowest BCUT2D eigenvalue weighted by molar-refractivity contribution is 0.189. The Kier molecular flexibility index (Phi) is 8.29. The first kappa shape index (κ1) is 23.0. The Morgan fingerprint density at radius 1 is 1.17 bits per heavy atom. The van der Waals surface area contributed by atoms with Crippen LogP contribution in [0.5, 0.6) is 0 Å². The predicted molar refractivity (Wildman–Crippen MR) is 123 cm³/mol. The molecule has 6 heteroatoms. The first-order valence-corrected chi connectivity index (χ1v) is 11.6. The van der Waals surface area contributed by atoms with Crippen LogP contribution in [-0.4, -0.2) is 57.5 Å². The zero-order valence-corrected chi connectivity index (χ0v) is 18.7. The smallest absolute Gasteiger partial charge is 0.217 e. The van der Waals surface area contributed by atoms with Gasteiger partial charge in [0.15, 0.2) is 0 Å². The summed E-state index contributed by atoms with van der Waals surface area (Å²) in [6.45, 7) is 13.1. The highest BCUT2D eigenvalue weighted by Gasteiger charge is 2.32. The van der Waals surface area contributed by atoms with Crippen LogP contribution < -0.4 is 5.32 Å². The molecule has 0 bridgehead atoms. The van der Waals surface area contributed by atoms with Crippen molar-refractivity contribution in [2.24, 2.45) is 0 Å². The van der Waals surface area contributed by atoms with E-state index < -0.39 is 9.84 Å². The number of piperazine rings is 1. The van der Waals surface area contributed by atoms with E-state index >= 15 is 0 Å². The van der Waals surface area contributed by atoms with Crippen LogP contribution in [0.3, 0.4) is 0 Å². The van der Waals surface area contributed by atoms with Crippen LogP contribution >= 0.6 is 0 Å². The van der Waals surface area contributed by atoms with Gasteiger partial charge < -0.3 is 15.1 Å². The summed E-state index contributed by atoms with van der Waals surface area (Å²) in [5.41, 5.74) is 2.11. The number of hydrogen-bond acceptors (Lipinski definition) is 5. The molecule has 0 amide bonds. The third-order valence-electron chi connectivity index (χ3n) is 5.02. The lowest BCUT2D eigenvalue weighted by atomic mass is 10.1. The maximum atomic E-state index is 12.9. The van der Waals surface area contributed by atoms with E-state index in [9.17, 15) is 8.42 Å². The molecule has 0 aromatic heterocycles. The fourth-order valence-corrected chi connectivity index (χ4v) is 4.50. The monoisotopic (exact) mass is 415 g/mol. The summed E-state index contributed by atoms with van der Waals surface area (Å²) < 4.78 is 25.9. The Balaban J connectivity index is 0.00000145. The molecule has 1 fully saturated rings. The van der Waals surface area contributed by atoms with Crippen LogP contribution in [0.25, 0.3) is 0 Å². The summed E-state index contributed by atoms with van der Waals surface area (Å²) in [6.07, 6.45) is 16.5. The van der Waals surface area contributed by atoms with E-state index in [0.717, 1.165) is 37.4 Å². The van der Waals surface area contributed by atoms with Crippen molar-refractivity contribution in [1.29, 1.82) is 0 Å². The van der Waals surface area contributed by atoms with Gasteiger partial charge in [0.2, 0.25) is 9.84 Å². The first-order chi connectivity index (χ1) is 13.9. The predicted octanol–water partition coefficient (Wildman–Crippen LogP) is 3.51. The number of nitrogens with zero attached hydrogens (tertiary/aromatic N) is 2. The zero-order chi connectivity index (χ0) is 21.4. The molecule has 3 rings (SSSR count). The Morgan fingerprint density at radius 2 is 1.86 bits per heavy atom. The van der Waals surface area contributed by atoms with E-state index in [4.69, 9.17) is 0 Å². The number of likely N-dealkylation sites (N-methyl/N-ethyl adjacent to an activating group) is 1. The van der Waals surface area contributed by atoms with Gasteiger partial charge in [-0.15, -0.1) is 0 Å². The minimum Gasteiger partial charge on any atom is -0.369 e. The second kappa shape index (κ2) is 10.5. The fourth-order valence-electron chi connectivity index (χ4n) is 3.33. The topological polar surface area (TPSA) is 52.7 Å². The molecule has 2 heterocycles. The molecule has 158 valence electrons. The standard InChI is InChI=1S/C21H27N3O2S.C2H6/c1-4-5-6-9-17(2)27(25,26)21-16-18-19(22-21)10-7-8-11-20(18)24-14-12-23(3)13-15-24;1-2/h4-11,16,19,22H,1,12-15H2,2-3H3;1-2H3/b6-5-,17-9+;. The first-order valence-electron chi connectivity index (χ1n) is 10.2. The van der Waals surface area contributed by atoms with Gasteiger partial charge in [0.25, 0.3) is 0 Å². The van der Waals surface area contributed by atoms with Crippen molar-refractivity contribution in [3.05, 3.63) is 82.5 Å². The van der Waals surface area contributed by atoms with Crippen LogP contribution in [0.2, 0.25) is 0 Å². The minimum atomic E-state index is -3.55. The van der Waals surface area contributed by atoms with Crippen molar-refractivity contribution in [2.45, 2.75) is 26.8 Å². The van der Waals surface area contributed by atoms with Crippen LogP contribution in [0, 0.1) is 0 Å². The van der Waals surface area contributed by atoms with Gasteiger partial charge in [0.1, 0.15) is 5.03 Å². The van der Waals surface area contributed by atoms with Crippen molar-refractivity contribution in [3.63, 3.8) is 0 Å². The molecule has 2 aliphatic heterocycles. The Hall–Kier alpha value is -2.31. The minimum absolute atomic E-state index is 0.129. The number of nitrogens with one attached hydrogen (secondary N) is 1. The van der Waals surface area contributed by atoms with E-state index in [0.29, 0.717) is 4.91 Å². The van der Waals surface area contributed by atoms with Crippen molar-refractivity contribution >= 4 is 9.84 Å². The van der Waals surface area contributed by atoms with Crippen molar-refractivity contribution in [2.75, 3.05) is 33.2 Å². The van der Waals surface area contributed by atoms with Gasteiger partial charge in [0.05, 0.1) is 6.04 Å². The average molecular weight is 416 g/mol. The van der Waals surface area contributed by atoms with Crippen molar-refractivity contribution in [3.8, 4) is 0 Å².